The molecule has 3 heteroatoms. The number of nitrogens with zero attached hydrogens (tertiary/aromatic N) is 1. The molecular weight excluding hydrogens is 253 g/mol. The second kappa shape index (κ2) is 6.21. The molecule has 1 atom stereocenters. The topological polar surface area (TPSA) is 33.0 Å². The predicted octanol–water partition coefficient (Wildman–Crippen LogP) is 3.99. The van der Waals surface area contributed by atoms with E-state index < -0.39 is 5.82 Å². The molecule has 20 heavy (non-hydrogen) atoms. The first-order chi connectivity index (χ1) is 9.65. The van der Waals surface area contributed by atoms with E-state index in [0.29, 0.717) is 12.0 Å². The van der Waals surface area contributed by atoms with Crippen molar-refractivity contribution < 1.29 is 9.13 Å². The quantitative estimate of drug-likeness (QED) is 0.840. The smallest absolute Gasteiger partial charge is 0.165 e. The molecule has 0 aliphatic carbocycles. The average molecular weight is 269 g/mol. The van der Waals surface area contributed by atoms with Gasteiger partial charge in [-0.05, 0) is 42.2 Å². The van der Waals surface area contributed by atoms with E-state index in [4.69, 9.17) is 4.74 Å². The van der Waals surface area contributed by atoms with Crippen LogP contribution >= 0.6 is 0 Å². The summed E-state index contributed by atoms with van der Waals surface area (Å²) >= 11 is 0. The molecule has 2 nitrogen and oxygen atoms in total. The van der Waals surface area contributed by atoms with Gasteiger partial charge < -0.3 is 4.74 Å². The Morgan fingerprint density at radius 2 is 2.00 bits per heavy atom. The molecule has 0 saturated carbocycles. The van der Waals surface area contributed by atoms with Crippen LogP contribution in [-0.2, 0) is 6.42 Å². The summed E-state index contributed by atoms with van der Waals surface area (Å²) in [4.78, 5) is 0. The van der Waals surface area contributed by atoms with Crippen LogP contribution in [0.4, 0.5) is 4.39 Å². The average Bonchev–Trinajstić information content (AvgIpc) is 2.46. The number of hydrogen-bond acceptors (Lipinski definition) is 2. The predicted molar refractivity (Wildman–Crippen MR) is 76.2 cm³/mol. The Hall–Kier alpha value is -2.34. The minimum absolute atomic E-state index is 0.196. The number of hydrogen-bond donors (Lipinski definition) is 0. The lowest BCUT2D eigenvalue weighted by Gasteiger charge is -2.12. The van der Waals surface area contributed by atoms with Crippen LogP contribution in [-0.4, -0.2) is 7.11 Å². The molecule has 0 radical (unpaired) electrons. The van der Waals surface area contributed by atoms with E-state index in [2.05, 4.69) is 6.07 Å². The Bertz CT molecular complexity index is 646. The van der Waals surface area contributed by atoms with E-state index in [0.717, 1.165) is 11.1 Å². The minimum Gasteiger partial charge on any atom is -0.494 e. The van der Waals surface area contributed by atoms with Gasteiger partial charge in [0.25, 0.3) is 0 Å². The first kappa shape index (κ1) is 14.1. The third-order valence-electron chi connectivity index (χ3n) is 3.42. The molecule has 2 aromatic carbocycles. The molecule has 1 unspecified atom stereocenters. The summed E-state index contributed by atoms with van der Waals surface area (Å²) in [5, 5.41) is 9.35. The highest BCUT2D eigenvalue weighted by molar-refractivity contribution is 5.36. The summed E-state index contributed by atoms with van der Waals surface area (Å²) in [6, 6.07) is 14.9. The molecule has 0 aliphatic heterocycles. The molecule has 0 heterocycles. The van der Waals surface area contributed by atoms with E-state index >= 15 is 0 Å². The van der Waals surface area contributed by atoms with Gasteiger partial charge in [0.1, 0.15) is 0 Å². The number of methoxy groups -OCH3 is 1. The number of halogens is 1. The third kappa shape index (κ3) is 2.97. The maximum Gasteiger partial charge on any atom is 0.165 e. The zero-order valence-corrected chi connectivity index (χ0v) is 11.6. The van der Waals surface area contributed by atoms with Gasteiger partial charge in [-0.1, -0.05) is 30.3 Å². The summed E-state index contributed by atoms with van der Waals surface area (Å²) in [5.74, 6) is -0.604. The lowest BCUT2D eigenvalue weighted by molar-refractivity contribution is 0.386. The summed E-state index contributed by atoms with van der Waals surface area (Å²) < 4.78 is 18.6. The molecule has 0 N–H and O–H groups in total. The van der Waals surface area contributed by atoms with Crippen LogP contribution in [0, 0.1) is 24.1 Å². The molecule has 0 spiro atoms. The molecule has 0 bridgehead atoms. The van der Waals surface area contributed by atoms with Gasteiger partial charge in [-0.2, -0.15) is 5.26 Å². The minimum atomic E-state index is -0.435. The standard InChI is InChI=1S/C17H16FNO/c1-12-5-3-4-6-13(12)9-15(11-19)14-7-8-17(20-2)16(18)10-14/h3-8,10,15H,9H2,1-2H3. The Labute approximate surface area is 118 Å². The Kier molecular flexibility index (Phi) is 4.37. The van der Waals surface area contributed by atoms with Crippen LogP contribution < -0.4 is 4.74 Å². The number of benzene rings is 2. The SMILES string of the molecule is COc1ccc(C(C#N)Cc2ccccc2C)cc1F. The zero-order valence-electron chi connectivity index (χ0n) is 11.6. The highest BCUT2D eigenvalue weighted by atomic mass is 19.1. The van der Waals surface area contributed by atoms with Crippen molar-refractivity contribution in [2.45, 2.75) is 19.3 Å². The largest absolute Gasteiger partial charge is 0.494 e. The van der Waals surface area contributed by atoms with Crippen molar-refractivity contribution in [3.8, 4) is 11.8 Å². The number of ether oxygens (including phenoxy) is 1. The van der Waals surface area contributed by atoms with Crippen molar-refractivity contribution in [3.63, 3.8) is 0 Å². The highest BCUT2D eigenvalue weighted by Gasteiger charge is 2.15. The van der Waals surface area contributed by atoms with E-state index in [1.165, 1.54) is 13.2 Å². The fourth-order valence-corrected chi connectivity index (χ4v) is 2.20. The molecular formula is C17H16FNO. The van der Waals surface area contributed by atoms with Crippen LogP contribution in [0.25, 0.3) is 0 Å². The fraction of sp³-hybridized carbons (Fsp3) is 0.235. The first-order valence-electron chi connectivity index (χ1n) is 6.43. The van der Waals surface area contributed by atoms with Crippen molar-refractivity contribution in [1.29, 1.82) is 5.26 Å². The van der Waals surface area contributed by atoms with Gasteiger partial charge in [-0.15, -0.1) is 0 Å². The normalized spacial score (nSPS) is 11.7. The monoisotopic (exact) mass is 269 g/mol. The van der Waals surface area contributed by atoms with Gasteiger partial charge >= 0.3 is 0 Å². The zero-order chi connectivity index (χ0) is 14.5. The Balaban J connectivity index is 2.27. The fourth-order valence-electron chi connectivity index (χ4n) is 2.20. The molecule has 0 saturated heterocycles. The third-order valence-corrected chi connectivity index (χ3v) is 3.42. The lowest BCUT2D eigenvalue weighted by Crippen LogP contribution is -2.03. The molecule has 2 aromatic rings. The molecule has 0 fully saturated rings. The van der Waals surface area contributed by atoms with Crippen molar-refractivity contribution >= 4 is 0 Å². The summed E-state index contributed by atoms with van der Waals surface area (Å²) in [6.45, 7) is 2.01. The number of nitriles is 1. The van der Waals surface area contributed by atoms with Crippen molar-refractivity contribution in [2.24, 2.45) is 0 Å². The van der Waals surface area contributed by atoms with E-state index in [9.17, 15) is 9.65 Å². The second-order valence-electron chi connectivity index (χ2n) is 4.71. The molecule has 0 amide bonds. The summed E-state index contributed by atoms with van der Waals surface area (Å²) in [6.07, 6.45) is 0.578. The number of rotatable bonds is 4. The Morgan fingerprint density at radius 3 is 2.60 bits per heavy atom. The van der Waals surface area contributed by atoms with Crippen LogP contribution in [0.2, 0.25) is 0 Å². The van der Waals surface area contributed by atoms with Gasteiger partial charge in [0.05, 0.1) is 19.1 Å². The maximum absolute atomic E-state index is 13.7. The van der Waals surface area contributed by atoms with Crippen LogP contribution in [0.1, 0.15) is 22.6 Å². The number of aryl methyl sites for hydroxylation is 1. The molecule has 102 valence electrons. The van der Waals surface area contributed by atoms with Gasteiger partial charge in [-0.3, -0.25) is 0 Å². The second-order valence-corrected chi connectivity index (χ2v) is 4.71. The van der Waals surface area contributed by atoms with Crippen molar-refractivity contribution in [1.82, 2.24) is 0 Å². The van der Waals surface area contributed by atoms with Crippen LogP contribution in [0.3, 0.4) is 0 Å². The first-order valence-corrected chi connectivity index (χ1v) is 6.43. The van der Waals surface area contributed by atoms with Crippen LogP contribution in [0.15, 0.2) is 42.5 Å². The summed E-state index contributed by atoms with van der Waals surface area (Å²) in [7, 11) is 1.42. The Morgan fingerprint density at radius 1 is 1.25 bits per heavy atom. The van der Waals surface area contributed by atoms with Gasteiger partial charge in [0.15, 0.2) is 11.6 Å². The lowest BCUT2D eigenvalue weighted by atomic mass is 9.91. The highest BCUT2D eigenvalue weighted by Crippen LogP contribution is 2.26. The van der Waals surface area contributed by atoms with E-state index in [1.807, 2.05) is 31.2 Å². The van der Waals surface area contributed by atoms with Gasteiger partial charge in [-0.25, -0.2) is 4.39 Å². The van der Waals surface area contributed by atoms with Crippen molar-refractivity contribution in [2.75, 3.05) is 7.11 Å². The maximum atomic E-state index is 13.7. The molecule has 2 rings (SSSR count). The van der Waals surface area contributed by atoms with E-state index in [-0.39, 0.29) is 11.7 Å². The van der Waals surface area contributed by atoms with Gasteiger partial charge in [0, 0.05) is 0 Å². The molecule has 0 aromatic heterocycles. The van der Waals surface area contributed by atoms with Crippen molar-refractivity contribution in [3.05, 3.63) is 65.0 Å². The van der Waals surface area contributed by atoms with Crippen LogP contribution in [0.5, 0.6) is 5.75 Å². The van der Waals surface area contributed by atoms with Gasteiger partial charge in [0.2, 0.25) is 0 Å². The summed E-state index contributed by atoms with van der Waals surface area (Å²) in [5.41, 5.74) is 2.92. The van der Waals surface area contributed by atoms with E-state index in [1.54, 1.807) is 12.1 Å². The molecule has 0 aliphatic rings.